The first kappa shape index (κ1) is 20.2. The molecule has 0 aliphatic heterocycles. The number of fused-ring (bicyclic) bond motifs is 2. The second kappa shape index (κ2) is 10.8. The summed E-state index contributed by atoms with van der Waals surface area (Å²) in [6.45, 7) is 2.19. The Morgan fingerprint density at radius 1 is 1.16 bits per heavy atom. The third kappa shape index (κ3) is 6.97. The standard InChI is InChI=1S/C22H36O3/c1-2-3-6-9-20(23)13-12-18-14-17-15-19(16-17)21(18)10-7-4-5-8-11-22(24)25/h4,7,12-13,17-21,23H,2-3,5-6,8-11,14-16H2,1H3,(H,24,25)/b7-4-,13-12+. The molecule has 0 radical (unpaired) electrons. The van der Waals surface area contributed by atoms with Gasteiger partial charge in [-0.3, -0.25) is 4.79 Å². The maximum Gasteiger partial charge on any atom is 0.303 e. The van der Waals surface area contributed by atoms with Gasteiger partial charge in [-0.15, -0.1) is 0 Å². The van der Waals surface area contributed by atoms with Gasteiger partial charge in [-0.25, -0.2) is 0 Å². The minimum atomic E-state index is -0.705. The van der Waals surface area contributed by atoms with Crippen molar-refractivity contribution in [1.29, 1.82) is 0 Å². The van der Waals surface area contributed by atoms with E-state index in [1.54, 1.807) is 0 Å². The number of carboxylic acid groups (broad SMARTS) is 1. The summed E-state index contributed by atoms with van der Waals surface area (Å²) in [6.07, 6.45) is 19.9. The van der Waals surface area contributed by atoms with Gasteiger partial charge in [-0.1, -0.05) is 50.5 Å². The molecular weight excluding hydrogens is 312 g/mol. The summed E-state index contributed by atoms with van der Waals surface area (Å²) in [7, 11) is 0. The van der Waals surface area contributed by atoms with Crippen LogP contribution in [0.4, 0.5) is 0 Å². The molecule has 3 heteroatoms. The van der Waals surface area contributed by atoms with Crippen molar-refractivity contribution in [3.8, 4) is 0 Å². The summed E-state index contributed by atoms with van der Waals surface area (Å²) in [5.74, 6) is 2.38. The van der Waals surface area contributed by atoms with Gasteiger partial charge in [0.15, 0.2) is 0 Å². The molecular formula is C22H36O3. The van der Waals surface area contributed by atoms with Crippen LogP contribution >= 0.6 is 0 Å². The molecule has 0 spiro atoms. The molecule has 0 saturated heterocycles. The van der Waals surface area contributed by atoms with Crippen LogP contribution in [0.1, 0.15) is 77.6 Å². The molecule has 0 aromatic rings. The molecule has 3 aliphatic carbocycles. The van der Waals surface area contributed by atoms with Gasteiger partial charge in [0.2, 0.25) is 0 Å². The highest BCUT2D eigenvalue weighted by Crippen LogP contribution is 2.53. The molecule has 3 fully saturated rings. The number of hydrogen-bond donors (Lipinski definition) is 2. The minimum absolute atomic E-state index is 0.263. The number of aliphatic hydroxyl groups is 1. The molecule has 3 saturated carbocycles. The second-order valence-corrected chi connectivity index (χ2v) is 8.10. The molecule has 2 bridgehead atoms. The van der Waals surface area contributed by atoms with Gasteiger partial charge in [0.05, 0.1) is 6.10 Å². The van der Waals surface area contributed by atoms with Crippen molar-refractivity contribution in [2.24, 2.45) is 23.7 Å². The summed E-state index contributed by atoms with van der Waals surface area (Å²) < 4.78 is 0. The van der Waals surface area contributed by atoms with Crippen LogP contribution in [-0.4, -0.2) is 22.3 Å². The van der Waals surface area contributed by atoms with Crippen LogP contribution in [0.5, 0.6) is 0 Å². The van der Waals surface area contributed by atoms with Crippen LogP contribution < -0.4 is 0 Å². The number of rotatable bonds is 12. The zero-order valence-corrected chi connectivity index (χ0v) is 15.8. The van der Waals surface area contributed by atoms with Gasteiger partial charge in [-0.05, 0) is 68.6 Å². The molecule has 3 nitrogen and oxygen atoms in total. The Kier molecular flexibility index (Phi) is 8.74. The van der Waals surface area contributed by atoms with Gasteiger partial charge < -0.3 is 10.2 Å². The van der Waals surface area contributed by atoms with Crippen molar-refractivity contribution >= 4 is 5.97 Å². The van der Waals surface area contributed by atoms with Gasteiger partial charge in [0, 0.05) is 6.42 Å². The number of hydrogen-bond acceptors (Lipinski definition) is 2. The quantitative estimate of drug-likeness (QED) is 0.369. The van der Waals surface area contributed by atoms with Crippen LogP contribution in [0.25, 0.3) is 0 Å². The van der Waals surface area contributed by atoms with Gasteiger partial charge in [0.1, 0.15) is 0 Å². The zero-order chi connectivity index (χ0) is 18.1. The van der Waals surface area contributed by atoms with Crippen molar-refractivity contribution in [1.82, 2.24) is 0 Å². The van der Waals surface area contributed by atoms with Crippen LogP contribution in [0.2, 0.25) is 0 Å². The normalized spacial score (nSPS) is 29.8. The van der Waals surface area contributed by atoms with Crippen molar-refractivity contribution in [2.45, 2.75) is 83.7 Å². The minimum Gasteiger partial charge on any atom is -0.481 e. The average Bonchev–Trinajstić information content (AvgIpc) is 2.55. The van der Waals surface area contributed by atoms with Gasteiger partial charge >= 0.3 is 5.97 Å². The molecule has 0 aromatic carbocycles. The van der Waals surface area contributed by atoms with Crippen LogP contribution in [0.15, 0.2) is 24.3 Å². The van der Waals surface area contributed by atoms with Gasteiger partial charge in [-0.2, -0.15) is 0 Å². The summed E-state index contributed by atoms with van der Waals surface area (Å²) in [5, 5.41) is 18.8. The lowest BCUT2D eigenvalue weighted by molar-refractivity contribution is -0.137. The maximum absolute atomic E-state index is 10.5. The number of unbranched alkanes of at least 4 members (excludes halogenated alkanes) is 3. The van der Waals surface area contributed by atoms with Crippen molar-refractivity contribution in [2.75, 3.05) is 0 Å². The van der Waals surface area contributed by atoms with E-state index in [0.29, 0.717) is 11.8 Å². The molecule has 3 aliphatic rings. The molecule has 0 heterocycles. The number of carboxylic acids is 1. The van der Waals surface area contributed by atoms with Crippen LogP contribution in [0, 0.1) is 23.7 Å². The fourth-order valence-electron chi connectivity index (χ4n) is 4.54. The van der Waals surface area contributed by atoms with E-state index in [9.17, 15) is 9.90 Å². The lowest BCUT2D eigenvalue weighted by atomic mass is 9.55. The SMILES string of the molecule is CCCCCC(O)/C=C/C1CC2CC(C2)C1C/C=C\CCCC(=O)O. The van der Waals surface area contributed by atoms with Crippen molar-refractivity contribution in [3.63, 3.8) is 0 Å². The number of aliphatic carboxylic acids is 1. The van der Waals surface area contributed by atoms with Gasteiger partial charge in [0.25, 0.3) is 0 Å². The summed E-state index contributed by atoms with van der Waals surface area (Å²) in [5.41, 5.74) is 0. The van der Waals surface area contributed by atoms with Crippen molar-refractivity contribution < 1.29 is 15.0 Å². The molecule has 0 amide bonds. The summed E-state index contributed by atoms with van der Waals surface area (Å²) in [6, 6.07) is 0. The Morgan fingerprint density at radius 3 is 2.68 bits per heavy atom. The lowest BCUT2D eigenvalue weighted by Gasteiger charge is -2.50. The Hall–Kier alpha value is -1.09. The van der Waals surface area contributed by atoms with E-state index in [0.717, 1.165) is 43.9 Å². The molecule has 2 N–H and O–H groups in total. The third-order valence-corrected chi connectivity index (χ3v) is 6.05. The second-order valence-electron chi connectivity index (χ2n) is 8.10. The van der Waals surface area contributed by atoms with Crippen LogP contribution in [0.3, 0.4) is 0 Å². The first-order valence-electron chi connectivity index (χ1n) is 10.3. The third-order valence-electron chi connectivity index (χ3n) is 6.05. The van der Waals surface area contributed by atoms with E-state index in [4.69, 9.17) is 5.11 Å². The van der Waals surface area contributed by atoms with E-state index >= 15 is 0 Å². The molecule has 0 aromatic heterocycles. The Balaban J connectivity index is 1.76. The fourth-order valence-corrected chi connectivity index (χ4v) is 4.54. The van der Waals surface area contributed by atoms with E-state index in [1.165, 1.54) is 32.1 Å². The Morgan fingerprint density at radius 2 is 1.96 bits per heavy atom. The molecule has 25 heavy (non-hydrogen) atoms. The Labute approximate surface area is 153 Å². The highest BCUT2D eigenvalue weighted by molar-refractivity contribution is 5.66. The van der Waals surface area contributed by atoms with Crippen molar-refractivity contribution in [3.05, 3.63) is 24.3 Å². The summed E-state index contributed by atoms with van der Waals surface area (Å²) in [4.78, 5) is 10.5. The number of carbonyl (C=O) groups is 1. The van der Waals surface area contributed by atoms with E-state index < -0.39 is 5.97 Å². The first-order valence-corrected chi connectivity index (χ1v) is 10.3. The molecule has 3 atom stereocenters. The highest BCUT2D eigenvalue weighted by atomic mass is 16.4. The van der Waals surface area contributed by atoms with E-state index in [-0.39, 0.29) is 12.5 Å². The first-order chi connectivity index (χ1) is 12.1. The highest BCUT2D eigenvalue weighted by Gasteiger charge is 2.43. The maximum atomic E-state index is 10.5. The zero-order valence-electron chi connectivity index (χ0n) is 15.8. The monoisotopic (exact) mass is 348 g/mol. The largest absolute Gasteiger partial charge is 0.481 e. The predicted octanol–water partition coefficient (Wildman–Crippen LogP) is 5.35. The fraction of sp³-hybridized carbons (Fsp3) is 0.773. The lowest BCUT2D eigenvalue weighted by Crippen LogP contribution is -2.41. The topological polar surface area (TPSA) is 57.5 Å². The summed E-state index contributed by atoms with van der Waals surface area (Å²) >= 11 is 0. The average molecular weight is 349 g/mol. The molecule has 142 valence electrons. The van der Waals surface area contributed by atoms with E-state index in [2.05, 4.69) is 31.2 Å². The molecule has 3 unspecified atom stereocenters. The van der Waals surface area contributed by atoms with Crippen LogP contribution in [-0.2, 0) is 4.79 Å². The number of aliphatic hydroxyl groups excluding tert-OH is 1. The number of allylic oxidation sites excluding steroid dienone is 3. The predicted molar refractivity (Wildman–Crippen MR) is 102 cm³/mol. The Bertz CT molecular complexity index is 448. The smallest absolute Gasteiger partial charge is 0.303 e. The molecule has 3 rings (SSSR count). The van der Waals surface area contributed by atoms with E-state index in [1.807, 2.05) is 0 Å².